The van der Waals surface area contributed by atoms with E-state index in [9.17, 15) is 4.79 Å². The van der Waals surface area contributed by atoms with Crippen LogP contribution in [0.2, 0.25) is 0 Å². The van der Waals surface area contributed by atoms with Crippen molar-refractivity contribution >= 4 is 16.8 Å². The third-order valence-electron chi connectivity index (χ3n) is 3.90. The number of hydrogen-bond acceptors (Lipinski definition) is 3. The van der Waals surface area contributed by atoms with E-state index in [1.807, 2.05) is 37.3 Å². The maximum absolute atomic E-state index is 11.9. The van der Waals surface area contributed by atoms with Gasteiger partial charge in [0.05, 0.1) is 0 Å². The molecular formula is C17H20N2O2. The number of aryl methyl sites for hydroxylation is 1. The highest BCUT2D eigenvalue weighted by Gasteiger charge is 2.17. The molecule has 2 aromatic rings. The van der Waals surface area contributed by atoms with E-state index < -0.39 is 0 Å². The van der Waals surface area contributed by atoms with Gasteiger partial charge in [0.25, 0.3) is 5.91 Å². The zero-order valence-corrected chi connectivity index (χ0v) is 12.3. The Balaban J connectivity index is 1.67. The number of carbonyl (C=O) groups is 1. The van der Waals surface area contributed by atoms with Crippen molar-refractivity contribution in [3.8, 4) is 5.75 Å². The summed E-state index contributed by atoms with van der Waals surface area (Å²) in [5, 5.41) is 4.05. The number of para-hydroxylation sites is 1. The molecule has 1 saturated carbocycles. The number of aromatic nitrogens is 1. The molecule has 3 rings (SSSR count). The van der Waals surface area contributed by atoms with Crippen molar-refractivity contribution in [2.75, 3.05) is 6.61 Å². The van der Waals surface area contributed by atoms with E-state index >= 15 is 0 Å². The normalized spacial score (nSPS) is 15.3. The van der Waals surface area contributed by atoms with Gasteiger partial charge in [-0.15, -0.1) is 0 Å². The number of amides is 1. The van der Waals surface area contributed by atoms with Crippen LogP contribution in [0.3, 0.4) is 0 Å². The summed E-state index contributed by atoms with van der Waals surface area (Å²) in [5.74, 6) is 0.615. The van der Waals surface area contributed by atoms with Crippen molar-refractivity contribution in [2.24, 2.45) is 0 Å². The Bertz CT molecular complexity index is 648. The fourth-order valence-corrected chi connectivity index (χ4v) is 2.82. The summed E-state index contributed by atoms with van der Waals surface area (Å²) in [7, 11) is 0. The molecule has 4 nitrogen and oxygen atoms in total. The zero-order valence-electron chi connectivity index (χ0n) is 12.3. The summed E-state index contributed by atoms with van der Waals surface area (Å²) in [6, 6.07) is 10.1. The van der Waals surface area contributed by atoms with Gasteiger partial charge in [0, 0.05) is 17.1 Å². The highest BCUT2D eigenvalue weighted by atomic mass is 16.5. The Morgan fingerprint density at radius 1 is 1.29 bits per heavy atom. The SMILES string of the molecule is Cc1ccc2cccc(OCC(=O)NC3CCCC3)c2n1. The maximum Gasteiger partial charge on any atom is 0.258 e. The number of benzene rings is 1. The molecule has 1 heterocycles. The topological polar surface area (TPSA) is 51.2 Å². The van der Waals surface area contributed by atoms with Crippen molar-refractivity contribution in [2.45, 2.75) is 38.6 Å². The number of ether oxygens (including phenoxy) is 1. The van der Waals surface area contributed by atoms with Gasteiger partial charge in [-0.05, 0) is 31.9 Å². The summed E-state index contributed by atoms with van der Waals surface area (Å²) < 4.78 is 5.67. The smallest absolute Gasteiger partial charge is 0.258 e. The molecule has 1 amide bonds. The van der Waals surface area contributed by atoms with Crippen LogP contribution in [0, 0.1) is 6.92 Å². The number of pyridine rings is 1. The predicted octanol–water partition coefficient (Wildman–Crippen LogP) is 2.98. The number of hydrogen-bond donors (Lipinski definition) is 1. The highest BCUT2D eigenvalue weighted by molar-refractivity contribution is 5.85. The van der Waals surface area contributed by atoms with Gasteiger partial charge in [-0.3, -0.25) is 4.79 Å². The standard InChI is InChI=1S/C17H20N2O2/c1-12-9-10-13-5-4-8-15(17(13)18-12)21-11-16(20)19-14-6-2-3-7-14/h4-5,8-10,14H,2-3,6-7,11H2,1H3,(H,19,20). The molecule has 0 unspecified atom stereocenters. The van der Waals surface area contributed by atoms with E-state index in [-0.39, 0.29) is 12.5 Å². The van der Waals surface area contributed by atoms with E-state index in [4.69, 9.17) is 4.74 Å². The van der Waals surface area contributed by atoms with Crippen LogP contribution in [0.15, 0.2) is 30.3 Å². The minimum Gasteiger partial charge on any atom is -0.481 e. The highest BCUT2D eigenvalue weighted by Crippen LogP contribution is 2.24. The molecule has 21 heavy (non-hydrogen) atoms. The largest absolute Gasteiger partial charge is 0.481 e. The van der Waals surface area contributed by atoms with Crippen LogP contribution in [-0.4, -0.2) is 23.5 Å². The Labute approximate surface area is 124 Å². The Kier molecular flexibility index (Phi) is 4.04. The van der Waals surface area contributed by atoms with Crippen molar-refractivity contribution in [1.29, 1.82) is 0 Å². The lowest BCUT2D eigenvalue weighted by atomic mass is 10.2. The quantitative estimate of drug-likeness (QED) is 0.939. The number of fused-ring (bicyclic) bond motifs is 1. The molecule has 1 aromatic carbocycles. The molecule has 0 spiro atoms. The molecule has 0 saturated heterocycles. The van der Waals surface area contributed by atoms with E-state index in [1.165, 1.54) is 12.8 Å². The molecule has 110 valence electrons. The van der Waals surface area contributed by atoms with Crippen molar-refractivity contribution in [3.05, 3.63) is 36.0 Å². The maximum atomic E-state index is 11.9. The average molecular weight is 284 g/mol. The third kappa shape index (κ3) is 3.32. The van der Waals surface area contributed by atoms with E-state index in [0.29, 0.717) is 11.8 Å². The first-order valence-corrected chi connectivity index (χ1v) is 7.51. The predicted molar refractivity (Wildman–Crippen MR) is 82.4 cm³/mol. The summed E-state index contributed by atoms with van der Waals surface area (Å²) in [5.41, 5.74) is 1.75. The number of rotatable bonds is 4. The summed E-state index contributed by atoms with van der Waals surface area (Å²) in [6.07, 6.45) is 4.58. The van der Waals surface area contributed by atoms with E-state index in [0.717, 1.165) is 29.4 Å². The van der Waals surface area contributed by atoms with Crippen molar-refractivity contribution < 1.29 is 9.53 Å². The first kappa shape index (κ1) is 13.9. The molecule has 4 heteroatoms. The lowest BCUT2D eigenvalue weighted by Gasteiger charge is -2.13. The minimum absolute atomic E-state index is 0.0469. The Morgan fingerprint density at radius 2 is 2.10 bits per heavy atom. The van der Waals surface area contributed by atoms with Gasteiger partial charge in [-0.2, -0.15) is 0 Å². The lowest BCUT2D eigenvalue weighted by Crippen LogP contribution is -2.36. The Morgan fingerprint density at radius 3 is 2.90 bits per heavy atom. The van der Waals surface area contributed by atoms with Gasteiger partial charge in [-0.25, -0.2) is 4.98 Å². The van der Waals surface area contributed by atoms with E-state index in [1.54, 1.807) is 0 Å². The summed E-state index contributed by atoms with van der Waals surface area (Å²) in [6.45, 7) is 1.99. The van der Waals surface area contributed by atoms with Crippen LogP contribution in [0.4, 0.5) is 0 Å². The molecule has 0 atom stereocenters. The van der Waals surface area contributed by atoms with Crippen LogP contribution in [-0.2, 0) is 4.79 Å². The number of nitrogens with zero attached hydrogens (tertiary/aromatic N) is 1. The molecule has 1 fully saturated rings. The zero-order chi connectivity index (χ0) is 14.7. The summed E-state index contributed by atoms with van der Waals surface area (Å²) in [4.78, 5) is 16.4. The van der Waals surface area contributed by atoms with Gasteiger partial charge in [0.1, 0.15) is 11.3 Å². The van der Waals surface area contributed by atoms with E-state index in [2.05, 4.69) is 10.3 Å². The first-order chi connectivity index (χ1) is 10.2. The van der Waals surface area contributed by atoms with Crippen LogP contribution in [0.25, 0.3) is 10.9 Å². The monoisotopic (exact) mass is 284 g/mol. The average Bonchev–Trinajstić information content (AvgIpc) is 2.98. The van der Waals surface area contributed by atoms with Crippen LogP contribution in [0.5, 0.6) is 5.75 Å². The molecule has 0 radical (unpaired) electrons. The fraction of sp³-hybridized carbons (Fsp3) is 0.412. The third-order valence-corrected chi connectivity index (χ3v) is 3.90. The summed E-state index contributed by atoms with van der Waals surface area (Å²) >= 11 is 0. The second-order valence-corrected chi connectivity index (χ2v) is 5.62. The van der Waals surface area contributed by atoms with Gasteiger partial charge < -0.3 is 10.1 Å². The molecule has 1 aliphatic rings. The van der Waals surface area contributed by atoms with Crippen LogP contribution in [0.1, 0.15) is 31.4 Å². The molecule has 1 aliphatic carbocycles. The van der Waals surface area contributed by atoms with Gasteiger partial charge in [0.2, 0.25) is 0 Å². The second kappa shape index (κ2) is 6.12. The lowest BCUT2D eigenvalue weighted by molar-refractivity contribution is -0.123. The van der Waals surface area contributed by atoms with Gasteiger partial charge in [-0.1, -0.05) is 31.0 Å². The van der Waals surface area contributed by atoms with Gasteiger partial charge >= 0.3 is 0 Å². The van der Waals surface area contributed by atoms with Crippen LogP contribution >= 0.6 is 0 Å². The Hall–Kier alpha value is -2.10. The van der Waals surface area contributed by atoms with Crippen molar-refractivity contribution in [1.82, 2.24) is 10.3 Å². The molecule has 1 aromatic heterocycles. The number of nitrogens with one attached hydrogen (secondary N) is 1. The molecule has 0 aliphatic heterocycles. The van der Waals surface area contributed by atoms with Crippen LogP contribution < -0.4 is 10.1 Å². The van der Waals surface area contributed by atoms with Crippen molar-refractivity contribution in [3.63, 3.8) is 0 Å². The molecular weight excluding hydrogens is 264 g/mol. The first-order valence-electron chi connectivity index (χ1n) is 7.51. The fourth-order valence-electron chi connectivity index (χ4n) is 2.82. The number of carbonyl (C=O) groups excluding carboxylic acids is 1. The molecule has 0 bridgehead atoms. The second-order valence-electron chi connectivity index (χ2n) is 5.62. The minimum atomic E-state index is -0.0495. The van der Waals surface area contributed by atoms with Gasteiger partial charge in [0.15, 0.2) is 6.61 Å². The molecule has 1 N–H and O–H groups in total.